The summed E-state index contributed by atoms with van der Waals surface area (Å²) in [5.41, 5.74) is 1.50. The fourth-order valence-corrected chi connectivity index (χ4v) is 2.34. The largest absolute Gasteiger partial charge is 0.349 e. The van der Waals surface area contributed by atoms with E-state index in [-0.39, 0.29) is 11.6 Å². The summed E-state index contributed by atoms with van der Waals surface area (Å²) in [7, 11) is 0. The highest BCUT2D eigenvalue weighted by Crippen LogP contribution is 2.24. The number of benzene rings is 2. The lowest BCUT2D eigenvalue weighted by atomic mass is 10.2. The van der Waals surface area contributed by atoms with Crippen molar-refractivity contribution in [2.24, 2.45) is 0 Å². The lowest BCUT2D eigenvalue weighted by Gasteiger charge is -2.03. The number of amides is 1. The fraction of sp³-hybridized carbons (Fsp3) is 0. The molecule has 1 aromatic heterocycles. The Bertz CT molecular complexity index is 871. The topological polar surface area (TPSA) is 88.0 Å². The van der Waals surface area contributed by atoms with E-state index in [0.29, 0.717) is 21.9 Å². The second-order valence-electron chi connectivity index (χ2n) is 4.65. The van der Waals surface area contributed by atoms with Crippen molar-refractivity contribution in [1.29, 1.82) is 0 Å². The van der Waals surface area contributed by atoms with E-state index < -0.39 is 4.92 Å². The molecule has 0 aliphatic rings. The first-order chi connectivity index (χ1) is 10.5. The molecule has 7 heteroatoms. The number of aromatic nitrogens is 1. The van der Waals surface area contributed by atoms with Gasteiger partial charge in [0.15, 0.2) is 0 Å². The van der Waals surface area contributed by atoms with Crippen molar-refractivity contribution in [3.63, 3.8) is 0 Å². The molecule has 0 saturated carbocycles. The van der Waals surface area contributed by atoms with Crippen LogP contribution in [0.3, 0.4) is 0 Å². The number of aromatic amines is 1. The number of carbonyl (C=O) groups is 1. The molecule has 0 aliphatic heterocycles. The molecule has 0 aliphatic carbocycles. The summed E-state index contributed by atoms with van der Waals surface area (Å²) in [6.45, 7) is 0. The Morgan fingerprint density at radius 2 is 1.91 bits per heavy atom. The monoisotopic (exact) mass is 315 g/mol. The zero-order valence-electron chi connectivity index (χ0n) is 11.2. The minimum Gasteiger partial charge on any atom is -0.349 e. The number of carbonyl (C=O) groups excluding carboxylic acids is 1. The minimum absolute atomic E-state index is 0.0320. The van der Waals surface area contributed by atoms with E-state index in [4.69, 9.17) is 11.6 Å². The Labute approximate surface area is 129 Å². The first kappa shape index (κ1) is 14.1. The number of non-ortho nitro benzene ring substituents is 1. The van der Waals surface area contributed by atoms with E-state index >= 15 is 0 Å². The summed E-state index contributed by atoms with van der Waals surface area (Å²) in [5.74, 6) is -0.346. The summed E-state index contributed by atoms with van der Waals surface area (Å²) in [6, 6.07) is 12.7. The Balaban J connectivity index is 1.83. The summed E-state index contributed by atoms with van der Waals surface area (Å²) in [4.78, 5) is 25.2. The molecule has 3 rings (SSSR count). The van der Waals surface area contributed by atoms with E-state index in [9.17, 15) is 14.9 Å². The number of rotatable bonds is 3. The van der Waals surface area contributed by atoms with Gasteiger partial charge in [-0.25, -0.2) is 0 Å². The van der Waals surface area contributed by atoms with Gasteiger partial charge in [-0.15, -0.1) is 0 Å². The van der Waals surface area contributed by atoms with Crippen LogP contribution < -0.4 is 5.32 Å². The number of fused-ring (bicyclic) bond motifs is 1. The molecule has 2 aromatic carbocycles. The number of para-hydroxylation sites is 1. The second-order valence-corrected chi connectivity index (χ2v) is 5.05. The molecule has 0 fully saturated rings. The van der Waals surface area contributed by atoms with Gasteiger partial charge in [0, 0.05) is 23.2 Å². The lowest BCUT2D eigenvalue weighted by Crippen LogP contribution is -2.12. The number of nitro benzene ring substituents is 1. The summed E-state index contributed by atoms with van der Waals surface area (Å²) < 4.78 is 0. The number of halogens is 1. The molecule has 1 heterocycles. The summed E-state index contributed by atoms with van der Waals surface area (Å²) in [5, 5.41) is 14.6. The Kier molecular flexibility index (Phi) is 3.52. The standard InChI is InChI=1S/C15H10ClN3O3/c16-12-3-1-2-9-8-13(18-14(9)12)15(20)17-10-4-6-11(7-5-10)19(21)22/h1-8,18H,(H,17,20). The quantitative estimate of drug-likeness (QED) is 0.566. The molecule has 0 saturated heterocycles. The van der Waals surface area contributed by atoms with E-state index in [1.807, 2.05) is 6.07 Å². The highest BCUT2D eigenvalue weighted by Gasteiger charge is 2.12. The zero-order valence-corrected chi connectivity index (χ0v) is 11.9. The zero-order chi connectivity index (χ0) is 15.7. The maximum Gasteiger partial charge on any atom is 0.272 e. The van der Waals surface area contributed by atoms with Gasteiger partial charge in [-0.05, 0) is 24.3 Å². The first-order valence-corrected chi connectivity index (χ1v) is 6.75. The summed E-state index contributed by atoms with van der Waals surface area (Å²) >= 11 is 6.06. The highest BCUT2D eigenvalue weighted by atomic mass is 35.5. The average Bonchev–Trinajstić information content (AvgIpc) is 2.93. The third kappa shape index (κ3) is 2.64. The van der Waals surface area contributed by atoms with Gasteiger partial charge in [-0.3, -0.25) is 14.9 Å². The van der Waals surface area contributed by atoms with Crippen LogP contribution in [0, 0.1) is 10.1 Å². The molecular formula is C15H10ClN3O3. The molecular weight excluding hydrogens is 306 g/mol. The third-order valence-electron chi connectivity index (χ3n) is 3.19. The van der Waals surface area contributed by atoms with Crippen LogP contribution in [-0.4, -0.2) is 15.8 Å². The molecule has 6 nitrogen and oxygen atoms in total. The van der Waals surface area contributed by atoms with Crippen molar-refractivity contribution in [3.05, 3.63) is 69.4 Å². The smallest absolute Gasteiger partial charge is 0.272 e. The lowest BCUT2D eigenvalue weighted by molar-refractivity contribution is -0.384. The van der Waals surface area contributed by atoms with Crippen LogP contribution in [0.25, 0.3) is 10.9 Å². The predicted octanol–water partition coefficient (Wildman–Crippen LogP) is 3.98. The van der Waals surface area contributed by atoms with E-state index in [1.54, 1.807) is 18.2 Å². The van der Waals surface area contributed by atoms with Crippen molar-refractivity contribution in [3.8, 4) is 0 Å². The number of anilines is 1. The maximum absolute atomic E-state index is 12.2. The molecule has 110 valence electrons. The van der Waals surface area contributed by atoms with Crippen LogP contribution in [-0.2, 0) is 0 Å². The second kappa shape index (κ2) is 5.50. The van der Waals surface area contributed by atoms with Gasteiger partial charge in [0.1, 0.15) is 5.69 Å². The van der Waals surface area contributed by atoms with Crippen LogP contribution in [0.2, 0.25) is 5.02 Å². The third-order valence-corrected chi connectivity index (χ3v) is 3.50. The van der Waals surface area contributed by atoms with E-state index in [2.05, 4.69) is 10.3 Å². The highest BCUT2D eigenvalue weighted by molar-refractivity contribution is 6.35. The van der Waals surface area contributed by atoms with Gasteiger partial charge >= 0.3 is 0 Å². The molecule has 0 atom stereocenters. The molecule has 1 amide bonds. The molecule has 22 heavy (non-hydrogen) atoms. The number of hydrogen-bond acceptors (Lipinski definition) is 3. The number of H-pyrrole nitrogens is 1. The van der Waals surface area contributed by atoms with E-state index in [1.165, 1.54) is 24.3 Å². The van der Waals surface area contributed by atoms with E-state index in [0.717, 1.165) is 5.39 Å². The molecule has 0 spiro atoms. The average molecular weight is 316 g/mol. The van der Waals surface area contributed by atoms with Crippen molar-refractivity contribution < 1.29 is 9.72 Å². The van der Waals surface area contributed by atoms with Crippen LogP contribution in [0.1, 0.15) is 10.5 Å². The van der Waals surface area contributed by atoms with Crippen LogP contribution >= 0.6 is 11.6 Å². The molecule has 0 radical (unpaired) electrons. The van der Waals surface area contributed by atoms with Crippen LogP contribution in [0.5, 0.6) is 0 Å². The molecule has 3 aromatic rings. The minimum atomic E-state index is -0.495. The van der Waals surface area contributed by atoms with Crippen molar-refractivity contribution in [1.82, 2.24) is 4.98 Å². The first-order valence-electron chi connectivity index (χ1n) is 6.37. The van der Waals surface area contributed by atoms with Gasteiger partial charge in [0.05, 0.1) is 15.5 Å². The molecule has 2 N–H and O–H groups in total. The molecule has 0 unspecified atom stereocenters. The van der Waals surface area contributed by atoms with Gasteiger partial charge in [-0.1, -0.05) is 23.7 Å². The molecule has 0 bridgehead atoms. The van der Waals surface area contributed by atoms with Crippen LogP contribution in [0.4, 0.5) is 11.4 Å². The maximum atomic E-state index is 12.2. The normalized spacial score (nSPS) is 10.6. The van der Waals surface area contributed by atoms with Gasteiger partial charge < -0.3 is 10.3 Å². The van der Waals surface area contributed by atoms with Crippen LogP contribution in [0.15, 0.2) is 48.5 Å². The Morgan fingerprint density at radius 1 is 1.18 bits per heavy atom. The number of nitro groups is 1. The number of nitrogens with one attached hydrogen (secondary N) is 2. The predicted molar refractivity (Wildman–Crippen MR) is 84.4 cm³/mol. The van der Waals surface area contributed by atoms with Gasteiger partial charge in [-0.2, -0.15) is 0 Å². The number of nitrogens with zero attached hydrogens (tertiary/aromatic N) is 1. The SMILES string of the molecule is O=C(Nc1ccc([N+](=O)[O-])cc1)c1cc2cccc(Cl)c2[nH]1. The fourth-order valence-electron chi connectivity index (χ4n) is 2.11. The van der Waals surface area contributed by atoms with Gasteiger partial charge in [0.2, 0.25) is 0 Å². The number of hydrogen-bond donors (Lipinski definition) is 2. The van der Waals surface area contributed by atoms with Crippen molar-refractivity contribution in [2.75, 3.05) is 5.32 Å². The summed E-state index contributed by atoms with van der Waals surface area (Å²) in [6.07, 6.45) is 0. The Hall–Kier alpha value is -2.86. The van der Waals surface area contributed by atoms with Crippen molar-refractivity contribution in [2.45, 2.75) is 0 Å². The Morgan fingerprint density at radius 3 is 2.55 bits per heavy atom. The van der Waals surface area contributed by atoms with Crippen molar-refractivity contribution >= 4 is 39.8 Å². The van der Waals surface area contributed by atoms with Gasteiger partial charge in [0.25, 0.3) is 11.6 Å².